The zero-order valence-corrected chi connectivity index (χ0v) is 9.02. The molecule has 0 saturated carbocycles. The van der Waals surface area contributed by atoms with Crippen molar-refractivity contribution in [2.24, 2.45) is 0 Å². The van der Waals surface area contributed by atoms with Gasteiger partial charge in [-0.1, -0.05) is 23.8 Å². The van der Waals surface area contributed by atoms with Crippen molar-refractivity contribution in [3.05, 3.63) is 28.8 Å². The summed E-state index contributed by atoms with van der Waals surface area (Å²) in [5.74, 6) is 2.14. The summed E-state index contributed by atoms with van der Waals surface area (Å²) >= 11 is 10.1. The van der Waals surface area contributed by atoms with Crippen LogP contribution in [-0.4, -0.2) is 12.5 Å². The van der Waals surface area contributed by atoms with E-state index in [2.05, 4.69) is 12.6 Å². The molecule has 1 aromatic rings. The van der Waals surface area contributed by atoms with Crippen LogP contribution in [0.2, 0.25) is 5.02 Å². The topological polar surface area (TPSA) is 18.5 Å². The molecule has 0 unspecified atom stereocenters. The molecule has 0 atom stereocenters. The third-order valence-corrected chi connectivity index (χ3v) is 2.43. The molecule has 1 aliphatic heterocycles. The Labute approximate surface area is 92.9 Å². The smallest absolute Gasteiger partial charge is 0.231 e. The van der Waals surface area contributed by atoms with Crippen LogP contribution in [0.25, 0.3) is 6.08 Å². The first-order valence-electron chi connectivity index (χ1n) is 4.18. The number of fused-ring (bicyclic) bond motifs is 1. The Bertz CT molecular complexity index is 377. The second-order valence-corrected chi connectivity index (χ2v) is 3.58. The largest absolute Gasteiger partial charge is 0.454 e. The highest BCUT2D eigenvalue weighted by Gasteiger charge is 2.15. The summed E-state index contributed by atoms with van der Waals surface area (Å²) in [5, 5.41) is 0.660. The van der Waals surface area contributed by atoms with Crippen molar-refractivity contribution in [1.82, 2.24) is 0 Å². The molecule has 0 fully saturated rings. The lowest BCUT2D eigenvalue weighted by molar-refractivity contribution is 0.174. The average Bonchev–Trinajstić information content (AvgIpc) is 2.61. The van der Waals surface area contributed by atoms with Crippen molar-refractivity contribution in [1.29, 1.82) is 0 Å². The van der Waals surface area contributed by atoms with Crippen molar-refractivity contribution in [2.45, 2.75) is 0 Å². The monoisotopic (exact) mass is 228 g/mol. The highest BCUT2D eigenvalue weighted by molar-refractivity contribution is 7.80. The van der Waals surface area contributed by atoms with Gasteiger partial charge in [-0.2, -0.15) is 12.6 Å². The Morgan fingerprint density at radius 3 is 2.79 bits per heavy atom. The van der Waals surface area contributed by atoms with Crippen LogP contribution in [0.1, 0.15) is 5.56 Å². The molecule has 0 saturated heterocycles. The van der Waals surface area contributed by atoms with E-state index in [1.165, 1.54) is 0 Å². The van der Waals surface area contributed by atoms with E-state index < -0.39 is 0 Å². The number of thiol groups is 1. The third kappa shape index (κ3) is 1.83. The maximum Gasteiger partial charge on any atom is 0.231 e. The van der Waals surface area contributed by atoms with E-state index in [0.717, 1.165) is 11.3 Å². The van der Waals surface area contributed by atoms with Crippen LogP contribution in [0.3, 0.4) is 0 Å². The molecular weight excluding hydrogens is 220 g/mol. The summed E-state index contributed by atoms with van der Waals surface area (Å²) in [7, 11) is 0. The predicted molar refractivity (Wildman–Crippen MR) is 60.5 cm³/mol. The van der Waals surface area contributed by atoms with Crippen LogP contribution in [0.4, 0.5) is 0 Å². The van der Waals surface area contributed by atoms with Crippen molar-refractivity contribution < 1.29 is 9.47 Å². The maximum atomic E-state index is 6.03. The van der Waals surface area contributed by atoms with Gasteiger partial charge in [-0.3, -0.25) is 0 Å². The maximum absolute atomic E-state index is 6.03. The highest BCUT2D eigenvalue weighted by Crippen LogP contribution is 2.37. The van der Waals surface area contributed by atoms with Gasteiger partial charge in [-0.05, 0) is 11.6 Å². The number of hydrogen-bond acceptors (Lipinski definition) is 3. The van der Waals surface area contributed by atoms with Crippen LogP contribution in [0.5, 0.6) is 11.5 Å². The van der Waals surface area contributed by atoms with E-state index >= 15 is 0 Å². The Balaban J connectivity index is 2.37. The fourth-order valence-electron chi connectivity index (χ4n) is 1.24. The Hall–Kier alpha value is -0.800. The lowest BCUT2D eigenvalue weighted by atomic mass is 10.2. The zero-order chi connectivity index (χ0) is 9.97. The molecule has 0 aliphatic carbocycles. The van der Waals surface area contributed by atoms with E-state index in [9.17, 15) is 0 Å². The Kier molecular flexibility index (Phi) is 2.89. The minimum absolute atomic E-state index is 0.269. The van der Waals surface area contributed by atoms with E-state index in [0.29, 0.717) is 16.5 Å². The molecule has 0 amide bonds. The molecule has 2 nitrogen and oxygen atoms in total. The van der Waals surface area contributed by atoms with Gasteiger partial charge in [0.2, 0.25) is 6.79 Å². The Morgan fingerprint density at radius 2 is 2.07 bits per heavy atom. The van der Waals surface area contributed by atoms with Crippen LogP contribution >= 0.6 is 24.2 Å². The Morgan fingerprint density at radius 1 is 1.36 bits per heavy atom. The van der Waals surface area contributed by atoms with Crippen molar-refractivity contribution in [3.63, 3.8) is 0 Å². The number of hydrogen-bond donors (Lipinski definition) is 1. The van der Waals surface area contributed by atoms with E-state index in [-0.39, 0.29) is 6.79 Å². The second-order valence-electron chi connectivity index (χ2n) is 2.81. The minimum Gasteiger partial charge on any atom is -0.454 e. The van der Waals surface area contributed by atoms with Gasteiger partial charge in [0.05, 0.1) is 5.02 Å². The van der Waals surface area contributed by atoms with Gasteiger partial charge >= 0.3 is 0 Å². The molecule has 0 N–H and O–H groups in total. The van der Waals surface area contributed by atoms with Crippen LogP contribution < -0.4 is 9.47 Å². The number of halogens is 1. The van der Waals surface area contributed by atoms with E-state index in [1.807, 2.05) is 18.2 Å². The average molecular weight is 229 g/mol. The second kappa shape index (κ2) is 4.15. The first-order valence-corrected chi connectivity index (χ1v) is 5.19. The van der Waals surface area contributed by atoms with Gasteiger partial charge in [0.1, 0.15) is 0 Å². The van der Waals surface area contributed by atoms with E-state index in [1.54, 1.807) is 6.07 Å². The molecule has 0 radical (unpaired) electrons. The van der Waals surface area contributed by atoms with Crippen LogP contribution in [0, 0.1) is 0 Å². The predicted octanol–water partition coefficient (Wildman–Crippen LogP) is 3.01. The molecule has 0 aromatic heterocycles. The fraction of sp³-hybridized carbons (Fsp3) is 0.200. The summed E-state index contributed by atoms with van der Waals surface area (Å²) in [4.78, 5) is 0. The zero-order valence-electron chi connectivity index (χ0n) is 7.37. The van der Waals surface area contributed by atoms with Crippen LogP contribution in [-0.2, 0) is 0 Å². The molecule has 74 valence electrons. The van der Waals surface area contributed by atoms with Crippen molar-refractivity contribution in [2.75, 3.05) is 12.5 Å². The lowest BCUT2D eigenvalue weighted by Crippen LogP contribution is -1.92. The molecular formula is C10H9ClO2S. The summed E-state index contributed by atoms with van der Waals surface area (Å²) in [6, 6.07) is 3.63. The highest BCUT2D eigenvalue weighted by atomic mass is 35.5. The van der Waals surface area contributed by atoms with Gasteiger partial charge in [0, 0.05) is 11.8 Å². The molecule has 1 aromatic carbocycles. The summed E-state index contributed by atoms with van der Waals surface area (Å²) in [6.45, 7) is 0.269. The van der Waals surface area contributed by atoms with Gasteiger partial charge in [-0.25, -0.2) is 0 Å². The third-order valence-electron chi connectivity index (χ3n) is 1.89. The van der Waals surface area contributed by atoms with E-state index in [4.69, 9.17) is 21.1 Å². The molecule has 0 spiro atoms. The number of benzene rings is 1. The first-order chi connectivity index (χ1) is 6.81. The van der Waals surface area contributed by atoms with Gasteiger partial charge in [0.25, 0.3) is 0 Å². The van der Waals surface area contributed by atoms with Gasteiger partial charge in [0.15, 0.2) is 11.5 Å². The van der Waals surface area contributed by atoms with Crippen molar-refractivity contribution in [3.8, 4) is 11.5 Å². The minimum atomic E-state index is 0.269. The van der Waals surface area contributed by atoms with Crippen LogP contribution in [0.15, 0.2) is 18.2 Å². The summed E-state index contributed by atoms with van der Waals surface area (Å²) in [6.07, 6.45) is 3.84. The first kappa shape index (κ1) is 9.74. The molecule has 4 heteroatoms. The number of ether oxygens (including phenoxy) is 2. The normalized spacial score (nSPS) is 13.9. The van der Waals surface area contributed by atoms with Crippen molar-refractivity contribution >= 4 is 30.3 Å². The quantitative estimate of drug-likeness (QED) is 0.785. The lowest BCUT2D eigenvalue weighted by Gasteiger charge is -2.00. The fourth-order valence-corrected chi connectivity index (χ4v) is 1.56. The molecule has 14 heavy (non-hydrogen) atoms. The molecule has 1 aliphatic rings. The van der Waals surface area contributed by atoms with Gasteiger partial charge in [-0.15, -0.1) is 0 Å². The summed E-state index contributed by atoms with van der Waals surface area (Å²) in [5.41, 5.74) is 0.921. The number of rotatable bonds is 2. The molecule has 0 bridgehead atoms. The summed E-state index contributed by atoms with van der Waals surface area (Å²) < 4.78 is 10.4. The van der Waals surface area contributed by atoms with Gasteiger partial charge < -0.3 is 9.47 Å². The SMILES string of the molecule is SCC=Cc1cc2c(cc1Cl)OCO2. The standard InChI is InChI=1S/C10H9ClO2S/c11-8-5-10-9(12-6-13-10)4-7(8)2-1-3-14/h1-2,4-5,14H,3,6H2. The molecule has 2 rings (SSSR count). The molecule has 1 heterocycles.